The van der Waals surface area contributed by atoms with Crippen LogP contribution >= 0.6 is 27.3 Å². The molecule has 4 rings (SSSR count). The Labute approximate surface area is 162 Å². The van der Waals surface area contributed by atoms with Gasteiger partial charge in [-0.3, -0.25) is 0 Å². The molecule has 0 spiro atoms. The Morgan fingerprint density at radius 1 is 1.04 bits per heavy atom. The van der Waals surface area contributed by atoms with Crippen LogP contribution in [0.5, 0.6) is 0 Å². The average molecular weight is 427 g/mol. The quantitative estimate of drug-likeness (QED) is 0.414. The van der Waals surface area contributed by atoms with E-state index in [9.17, 15) is 0 Å². The Hall–Kier alpha value is -2.71. The van der Waals surface area contributed by atoms with Crippen LogP contribution in [-0.4, -0.2) is 15.0 Å². The summed E-state index contributed by atoms with van der Waals surface area (Å²) in [5.41, 5.74) is 9.72. The zero-order valence-electron chi connectivity index (χ0n) is 13.8. The van der Waals surface area contributed by atoms with Crippen LogP contribution < -0.4 is 16.4 Å². The Bertz CT molecular complexity index is 1090. The highest BCUT2D eigenvalue weighted by atomic mass is 79.9. The van der Waals surface area contributed by atoms with E-state index in [0.29, 0.717) is 17.3 Å². The lowest BCUT2D eigenvalue weighted by atomic mass is 10.2. The predicted octanol–water partition coefficient (Wildman–Crippen LogP) is 5.23. The maximum absolute atomic E-state index is 6.25. The normalized spacial score (nSPS) is 10.8. The molecule has 2 heterocycles. The third-order valence-corrected chi connectivity index (χ3v) is 5.17. The van der Waals surface area contributed by atoms with Crippen molar-refractivity contribution in [1.29, 1.82) is 0 Å². The number of benzene rings is 2. The van der Waals surface area contributed by atoms with Crippen molar-refractivity contribution >= 4 is 65.6 Å². The van der Waals surface area contributed by atoms with Crippen LogP contribution in [-0.2, 0) is 0 Å². The molecular weight excluding hydrogens is 412 g/mol. The molecule has 26 heavy (non-hydrogen) atoms. The van der Waals surface area contributed by atoms with Crippen LogP contribution in [0, 0.1) is 6.92 Å². The molecule has 4 aromatic rings. The summed E-state index contributed by atoms with van der Waals surface area (Å²) in [6.07, 6.45) is 1.47. The summed E-state index contributed by atoms with van der Waals surface area (Å²) in [7, 11) is 0. The summed E-state index contributed by atoms with van der Waals surface area (Å²) in [5, 5.41) is 7.15. The van der Waals surface area contributed by atoms with E-state index in [4.69, 9.17) is 5.73 Å². The van der Waals surface area contributed by atoms with Crippen LogP contribution in [0.2, 0.25) is 0 Å². The van der Waals surface area contributed by atoms with Crippen molar-refractivity contribution in [3.8, 4) is 0 Å². The Balaban J connectivity index is 1.62. The molecule has 6 nitrogen and oxygen atoms in total. The lowest BCUT2D eigenvalue weighted by Crippen LogP contribution is -2.05. The fourth-order valence-corrected chi connectivity index (χ4v) is 3.85. The number of nitrogens with one attached hydrogen (secondary N) is 2. The SMILES string of the molecule is Cc1ccc2nc(Nc3ncnc(Nc4cccc(Br)c4)c3N)sc2c1. The van der Waals surface area contributed by atoms with Crippen LogP contribution in [0.15, 0.2) is 53.3 Å². The number of rotatable bonds is 4. The number of halogens is 1. The smallest absolute Gasteiger partial charge is 0.189 e. The number of hydrogen-bond acceptors (Lipinski definition) is 7. The third-order valence-electron chi connectivity index (χ3n) is 3.74. The Kier molecular flexibility index (Phi) is 4.44. The second-order valence-corrected chi connectivity index (χ2v) is 7.68. The second kappa shape index (κ2) is 6.89. The highest BCUT2D eigenvalue weighted by Crippen LogP contribution is 2.32. The van der Waals surface area contributed by atoms with Gasteiger partial charge in [0.2, 0.25) is 0 Å². The first kappa shape index (κ1) is 16.7. The maximum atomic E-state index is 6.25. The molecule has 0 saturated carbocycles. The van der Waals surface area contributed by atoms with E-state index < -0.39 is 0 Å². The molecule has 2 aromatic carbocycles. The van der Waals surface area contributed by atoms with Gasteiger partial charge < -0.3 is 16.4 Å². The summed E-state index contributed by atoms with van der Waals surface area (Å²) in [6.45, 7) is 2.06. The van der Waals surface area contributed by atoms with Gasteiger partial charge >= 0.3 is 0 Å². The van der Waals surface area contributed by atoms with Gasteiger partial charge in [-0.15, -0.1) is 0 Å². The van der Waals surface area contributed by atoms with Gasteiger partial charge in [-0.25, -0.2) is 15.0 Å². The first-order valence-corrected chi connectivity index (χ1v) is 9.47. The van der Waals surface area contributed by atoms with Crippen molar-refractivity contribution in [3.63, 3.8) is 0 Å². The first-order chi connectivity index (χ1) is 12.6. The molecule has 4 N–H and O–H groups in total. The molecule has 0 unspecified atom stereocenters. The minimum Gasteiger partial charge on any atom is -0.393 e. The molecule has 2 aromatic heterocycles. The summed E-state index contributed by atoms with van der Waals surface area (Å²) in [6, 6.07) is 13.9. The second-order valence-electron chi connectivity index (χ2n) is 5.74. The lowest BCUT2D eigenvalue weighted by molar-refractivity contribution is 1.17. The Morgan fingerprint density at radius 2 is 1.85 bits per heavy atom. The molecule has 0 fully saturated rings. The van der Waals surface area contributed by atoms with E-state index in [0.717, 1.165) is 25.5 Å². The highest BCUT2D eigenvalue weighted by molar-refractivity contribution is 9.10. The molecule has 0 radical (unpaired) electrons. The van der Waals surface area contributed by atoms with Gasteiger partial charge in [0.05, 0.1) is 10.2 Å². The van der Waals surface area contributed by atoms with E-state index in [1.165, 1.54) is 11.9 Å². The molecule has 0 aliphatic carbocycles. The van der Waals surface area contributed by atoms with E-state index in [2.05, 4.69) is 54.5 Å². The molecule has 8 heteroatoms. The highest BCUT2D eigenvalue weighted by Gasteiger charge is 2.11. The van der Waals surface area contributed by atoms with E-state index in [-0.39, 0.29) is 0 Å². The monoisotopic (exact) mass is 426 g/mol. The summed E-state index contributed by atoms with van der Waals surface area (Å²) < 4.78 is 2.09. The number of aryl methyl sites for hydroxylation is 1. The van der Waals surface area contributed by atoms with Gasteiger partial charge in [-0.2, -0.15) is 0 Å². The van der Waals surface area contributed by atoms with Crippen molar-refractivity contribution in [2.24, 2.45) is 0 Å². The van der Waals surface area contributed by atoms with Gasteiger partial charge in [0.25, 0.3) is 0 Å². The van der Waals surface area contributed by atoms with Gasteiger partial charge in [0.1, 0.15) is 12.0 Å². The molecule has 0 aliphatic rings. The van der Waals surface area contributed by atoms with Crippen LogP contribution in [0.4, 0.5) is 28.1 Å². The van der Waals surface area contributed by atoms with Gasteiger partial charge in [0, 0.05) is 10.2 Å². The van der Waals surface area contributed by atoms with Crippen LogP contribution in [0.25, 0.3) is 10.2 Å². The molecule has 0 saturated heterocycles. The zero-order chi connectivity index (χ0) is 18.1. The van der Waals surface area contributed by atoms with Crippen molar-refractivity contribution < 1.29 is 0 Å². The fourth-order valence-electron chi connectivity index (χ4n) is 2.48. The van der Waals surface area contributed by atoms with E-state index in [1.54, 1.807) is 11.3 Å². The van der Waals surface area contributed by atoms with E-state index in [1.807, 2.05) is 36.4 Å². The number of thiazole rings is 1. The van der Waals surface area contributed by atoms with Crippen LogP contribution in [0.3, 0.4) is 0 Å². The first-order valence-electron chi connectivity index (χ1n) is 7.86. The van der Waals surface area contributed by atoms with Gasteiger partial charge in [0.15, 0.2) is 16.8 Å². The van der Waals surface area contributed by atoms with Crippen molar-refractivity contribution in [1.82, 2.24) is 15.0 Å². The number of hydrogen-bond donors (Lipinski definition) is 3. The Morgan fingerprint density at radius 3 is 2.65 bits per heavy atom. The third kappa shape index (κ3) is 3.47. The molecule has 0 amide bonds. The summed E-state index contributed by atoms with van der Waals surface area (Å²) in [5.74, 6) is 1.06. The standard InChI is InChI=1S/C18H15BrN6S/c1-10-5-6-13-14(7-10)26-18(24-13)25-17-15(20)16(21-9-22-17)23-12-4-2-3-11(19)8-12/h2-9H,20H2,1H3,(H2,21,22,23,24,25). The minimum absolute atomic E-state index is 0.433. The molecule has 130 valence electrons. The fraction of sp³-hybridized carbons (Fsp3) is 0.0556. The predicted molar refractivity (Wildman–Crippen MR) is 112 cm³/mol. The lowest BCUT2D eigenvalue weighted by Gasteiger charge is -2.11. The zero-order valence-corrected chi connectivity index (χ0v) is 16.2. The van der Waals surface area contributed by atoms with Gasteiger partial charge in [-0.05, 0) is 42.8 Å². The van der Waals surface area contributed by atoms with Crippen molar-refractivity contribution in [2.75, 3.05) is 16.4 Å². The number of nitrogens with zero attached hydrogens (tertiary/aromatic N) is 3. The van der Waals surface area contributed by atoms with Gasteiger partial charge in [-0.1, -0.05) is 39.4 Å². The number of aromatic nitrogens is 3. The minimum atomic E-state index is 0.433. The number of nitrogen functional groups attached to an aromatic ring is 1. The largest absolute Gasteiger partial charge is 0.393 e. The molecule has 0 bridgehead atoms. The molecule has 0 atom stereocenters. The summed E-state index contributed by atoms with van der Waals surface area (Å²) >= 11 is 5.01. The number of fused-ring (bicyclic) bond motifs is 1. The number of nitrogens with two attached hydrogens (primary N) is 1. The maximum Gasteiger partial charge on any atom is 0.189 e. The summed E-state index contributed by atoms with van der Waals surface area (Å²) in [4.78, 5) is 13.1. The number of anilines is 5. The molecule has 0 aliphatic heterocycles. The average Bonchev–Trinajstić information content (AvgIpc) is 3.00. The van der Waals surface area contributed by atoms with Crippen molar-refractivity contribution in [2.45, 2.75) is 6.92 Å². The van der Waals surface area contributed by atoms with E-state index >= 15 is 0 Å². The van der Waals surface area contributed by atoms with Crippen LogP contribution in [0.1, 0.15) is 5.56 Å². The topological polar surface area (TPSA) is 88.8 Å². The van der Waals surface area contributed by atoms with Crippen molar-refractivity contribution in [3.05, 3.63) is 58.8 Å². The molecular formula is C18H15BrN6S.